The maximum Gasteiger partial charge on any atom is 0.0845 e. The summed E-state index contributed by atoms with van der Waals surface area (Å²) in [5.74, 6) is 0.332. The first kappa shape index (κ1) is 13.3. The van der Waals surface area contributed by atoms with Crippen molar-refractivity contribution in [3.8, 4) is 6.07 Å². The predicted octanol–water partition coefficient (Wildman–Crippen LogP) is 4.28. The molecule has 0 aliphatic heterocycles. The van der Waals surface area contributed by atoms with Gasteiger partial charge in [-0.25, -0.2) is 0 Å². The van der Waals surface area contributed by atoms with Crippen LogP contribution in [-0.2, 0) is 5.41 Å². The highest BCUT2D eigenvalue weighted by molar-refractivity contribution is 9.09. The predicted molar refractivity (Wildman–Crippen MR) is 71.6 cm³/mol. The SMILES string of the molecule is CC(C)[C@](C#N)(CCCBr)c1ccccc1. The third kappa shape index (κ3) is 2.65. The molecule has 1 atom stereocenters. The molecule has 16 heavy (non-hydrogen) atoms. The Morgan fingerprint density at radius 3 is 2.38 bits per heavy atom. The van der Waals surface area contributed by atoms with Crippen molar-refractivity contribution in [1.82, 2.24) is 0 Å². The van der Waals surface area contributed by atoms with Crippen molar-refractivity contribution in [2.75, 3.05) is 5.33 Å². The van der Waals surface area contributed by atoms with Gasteiger partial charge < -0.3 is 0 Å². The third-order valence-corrected chi connectivity index (χ3v) is 3.74. The lowest BCUT2D eigenvalue weighted by Crippen LogP contribution is -2.30. The quantitative estimate of drug-likeness (QED) is 0.738. The Hall–Kier alpha value is -0.810. The van der Waals surface area contributed by atoms with E-state index < -0.39 is 0 Å². The first-order valence-electron chi connectivity index (χ1n) is 5.70. The van der Waals surface area contributed by atoms with Gasteiger partial charge in [0.15, 0.2) is 0 Å². The molecule has 0 amide bonds. The van der Waals surface area contributed by atoms with Crippen LogP contribution < -0.4 is 0 Å². The highest BCUT2D eigenvalue weighted by atomic mass is 79.9. The zero-order valence-corrected chi connectivity index (χ0v) is 11.5. The van der Waals surface area contributed by atoms with Gasteiger partial charge in [0.25, 0.3) is 0 Å². The van der Waals surface area contributed by atoms with E-state index in [1.54, 1.807) is 0 Å². The third-order valence-electron chi connectivity index (χ3n) is 3.18. The van der Waals surface area contributed by atoms with E-state index in [1.165, 1.54) is 0 Å². The minimum Gasteiger partial charge on any atom is -0.197 e. The van der Waals surface area contributed by atoms with Crippen LogP contribution in [0.15, 0.2) is 30.3 Å². The summed E-state index contributed by atoms with van der Waals surface area (Å²) in [5.41, 5.74) is 0.808. The van der Waals surface area contributed by atoms with E-state index in [2.05, 4.69) is 48.0 Å². The normalized spacial score (nSPS) is 14.4. The summed E-state index contributed by atoms with van der Waals surface area (Å²) < 4.78 is 0. The maximum absolute atomic E-state index is 9.56. The molecule has 0 fully saturated rings. The first-order valence-corrected chi connectivity index (χ1v) is 6.82. The summed E-state index contributed by atoms with van der Waals surface area (Å²) in [4.78, 5) is 0. The van der Waals surface area contributed by atoms with Crippen LogP contribution in [-0.4, -0.2) is 5.33 Å². The van der Waals surface area contributed by atoms with Crippen molar-refractivity contribution in [3.63, 3.8) is 0 Å². The van der Waals surface area contributed by atoms with Gasteiger partial charge in [0.2, 0.25) is 0 Å². The second-order valence-corrected chi connectivity index (χ2v) is 5.19. The minimum absolute atomic E-state index is 0.332. The number of hydrogen-bond donors (Lipinski definition) is 0. The van der Waals surface area contributed by atoms with Crippen LogP contribution in [0.25, 0.3) is 0 Å². The molecule has 0 aliphatic carbocycles. The lowest BCUT2D eigenvalue weighted by molar-refractivity contribution is 0.366. The molecule has 0 saturated carbocycles. The van der Waals surface area contributed by atoms with Crippen molar-refractivity contribution in [2.45, 2.75) is 32.1 Å². The summed E-state index contributed by atoms with van der Waals surface area (Å²) in [5, 5.41) is 10.5. The van der Waals surface area contributed by atoms with Crippen LogP contribution in [0.3, 0.4) is 0 Å². The molecule has 1 aromatic rings. The number of rotatable bonds is 5. The molecule has 0 radical (unpaired) electrons. The van der Waals surface area contributed by atoms with Gasteiger partial charge in [0.05, 0.1) is 11.5 Å². The van der Waals surface area contributed by atoms with Crippen LogP contribution in [0.5, 0.6) is 0 Å². The zero-order valence-electron chi connectivity index (χ0n) is 9.91. The molecule has 0 aliphatic rings. The first-order chi connectivity index (χ1) is 7.67. The molecule has 0 spiro atoms. The van der Waals surface area contributed by atoms with E-state index in [-0.39, 0.29) is 5.41 Å². The Balaban J connectivity index is 3.09. The average molecular weight is 280 g/mol. The number of benzene rings is 1. The Labute approximate surface area is 107 Å². The number of nitriles is 1. The van der Waals surface area contributed by atoms with Crippen LogP contribution in [0, 0.1) is 17.2 Å². The highest BCUT2D eigenvalue weighted by Crippen LogP contribution is 2.36. The standard InChI is InChI=1S/C14H18BrN/c1-12(2)14(11-16,9-6-10-15)13-7-4-3-5-8-13/h3-5,7-8,12H,6,9-10H2,1-2H3/t14-/m1/s1. The van der Waals surface area contributed by atoms with Gasteiger partial charge in [-0.2, -0.15) is 5.26 Å². The summed E-state index contributed by atoms with van der Waals surface area (Å²) >= 11 is 3.44. The van der Waals surface area contributed by atoms with Gasteiger partial charge in [-0.15, -0.1) is 0 Å². The van der Waals surface area contributed by atoms with Crippen LogP contribution in [0.4, 0.5) is 0 Å². The van der Waals surface area contributed by atoms with Gasteiger partial charge in [-0.3, -0.25) is 0 Å². The number of nitrogens with zero attached hydrogens (tertiary/aromatic N) is 1. The molecule has 0 heterocycles. The molecular formula is C14H18BrN. The van der Waals surface area contributed by atoms with Crippen LogP contribution in [0.2, 0.25) is 0 Å². The summed E-state index contributed by atoms with van der Waals surface area (Å²) in [6.07, 6.45) is 1.94. The van der Waals surface area contributed by atoms with E-state index in [0.717, 1.165) is 23.7 Å². The fourth-order valence-corrected chi connectivity index (χ4v) is 2.38. The van der Waals surface area contributed by atoms with Gasteiger partial charge in [0.1, 0.15) is 0 Å². The van der Waals surface area contributed by atoms with E-state index in [4.69, 9.17) is 0 Å². The monoisotopic (exact) mass is 279 g/mol. The van der Waals surface area contributed by atoms with Gasteiger partial charge in [0, 0.05) is 5.33 Å². The topological polar surface area (TPSA) is 23.8 Å². The molecule has 1 aromatic carbocycles. The average Bonchev–Trinajstić information content (AvgIpc) is 2.31. The zero-order chi connectivity index (χ0) is 12.0. The van der Waals surface area contributed by atoms with E-state index >= 15 is 0 Å². The van der Waals surface area contributed by atoms with Crippen molar-refractivity contribution in [1.29, 1.82) is 5.26 Å². The molecule has 0 bridgehead atoms. The van der Waals surface area contributed by atoms with Crippen LogP contribution >= 0.6 is 15.9 Å². The Bertz CT molecular complexity index is 353. The summed E-state index contributed by atoms with van der Waals surface area (Å²) in [6.45, 7) is 4.26. The Kier molecular flexibility index (Phi) is 5.02. The van der Waals surface area contributed by atoms with Crippen molar-refractivity contribution >= 4 is 15.9 Å². The molecule has 1 nitrogen and oxygen atoms in total. The van der Waals surface area contributed by atoms with Crippen LogP contribution in [0.1, 0.15) is 32.3 Å². The molecule has 0 unspecified atom stereocenters. The second kappa shape index (κ2) is 6.06. The van der Waals surface area contributed by atoms with E-state index in [0.29, 0.717) is 5.92 Å². The van der Waals surface area contributed by atoms with Crippen molar-refractivity contribution < 1.29 is 0 Å². The van der Waals surface area contributed by atoms with E-state index in [1.807, 2.05) is 18.2 Å². The summed E-state index contributed by atoms with van der Waals surface area (Å²) in [6, 6.07) is 12.7. The van der Waals surface area contributed by atoms with Crippen molar-refractivity contribution in [3.05, 3.63) is 35.9 Å². The minimum atomic E-state index is -0.338. The van der Waals surface area contributed by atoms with Gasteiger partial charge in [-0.05, 0) is 24.3 Å². The largest absolute Gasteiger partial charge is 0.197 e. The van der Waals surface area contributed by atoms with Crippen molar-refractivity contribution in [2.24, 2.45) is 5.92 Å². The molecular weight excluding hydrogens is 262 g/mol. The lowest BCUT2D eigenvalue weighted by Gasteiger charge is -2.31. The number of hydrogen-bond acceptors (Lipinski definition) is 1. The van der Waals surface area contributed by atoms with E-state index in [9.17, 15) is 5.26 Å². The van der Waals surface area contributed by atoms with Gasteiger partial charge >= 0.3 is 0 Å². The molecule has 86 valence electrons. The molecule has 2 heteroatoms. The highest BCUT2D eigenvalue weighted by Gasteiger charge is 2.34. The number of alkyl halides is 1. The maximum atomic E-state index is 9.56. The fraction of sp³-hybridized carbons (Fsp3) is 0.500. The molecule has 0 N–H and O–H groups in total. The lowest BCUT2D eigenvalue weighted by atomic mass is 9.70. The Morgan fingerprint density at radius 1 is 1.31 bits per heavy atom. The molecule has 1 rings (SSSR count). The smallest absolute Gasteiger partial charge is 0.0845 e. The Morgan fingerprint density at radius 2 is 1.94 bits per heavy atom. The molecule has 0 saturated heterocycles. The molecule has 0 aromatic heterocycles. The summed E-state index contributed by atoms with van der Waals surface area (Å²) in [7, 11) is 0. The van der Waals surface area contributed by atoms with Gasteiger partial charge in [-0.1, -0.05) is 60.1 Å². The second-order valence-electron chi connectivity index (χ2n) is 4.40. The fourth-order valence-electron chi connectivity index (χ4n) is 2.10. The number of halogens is 1.